The molecule has 0 aliphatic heterocycles. The molecule has 0 atom stereocenters. The third-order valence-corrected chi connectivity index (χ3v) is 2.81. The molecule has 0 fully saturated rings. The lowest BCUT2D eigenvalue weighted by Gasteiger charge is -2.14. The van der Waals surface area contributed by atoms with Gasteiger partial charge in [-0.3, -0.25) is 0 Å². The zero-order valence-electron chi connectivity index (χ0n) is 11.1. The number of benzene rings is 1. The molecule has 0 radical (unpaired) electrons. The first-order valence-electron chi connectivity index (χ1n) is 6.31. The molecule has 1 aromatic carbocycles. The van der Waals surface area contributed by atoms with Crippen molar-refractivity contribution >= 4 is 5.69 Å². The lowest BCUT2D eigenvalue weighted by Crippen LogP contribution is -2.06. The summed E-state index contributed by atoms with van der Waals surface area (Å²) >= 11 is 0. The van der Waals surface area contributed by atoms with Crippen molar-refractivity contribution in [3.05, 3.63) is 23.8 Å². The Morgan fingerprint density at radius 2 is 2.06 bits per heavy atom. The first kappa shape index (κ1) is 13.8. The highest BCUT2D eigenvalue weighted by atomic mass is 16.5. The fourth-order valence-electron chi connectivity index (χ4n) is 1.80. The molecule has 3 heteroatoms. The van der Waals surface area contributed by atoms with Crippen LogP contribution in [0.3, 0.4) is 0 Å². The fraction of sp³-hybridized carbons (Fsp3) is 0.571. The summed E-state index contributed by atoms with van der Waals surface area (Å²) in [7, 11) is 1.72. The molecular weight excluding hydrogens is 212 g/mol. The molecule has 3 nitrogen and oxygen atoms in total. The molecule has 3 N–H and O–H groups in total. The summed E-state index contributed by atoms with van der Waals surface area (Å²) < 4.78 is 5.36. The normalized spacial score (nSPS) is 10.6. The summed E-state index contributed by atoms with van der Waals surface area (Å²) in [6.07, 6.45) is 2.18. The highest BCUT2D eigenvalue weighted by molar-refractivity contribution is 5.52. The second-order valence-corrected chi connectivity index (χ2v) is 4.53. The number of anilines is 1. The summed E-state index contributed by atoms with van der Waals surface area (Å²) in [5, 5.41) is 3.41. The Morgan fingerprint density at radius 3 is 2.65 bits per heavy atom. The second kappa shape index (κ2) is 7.17. The lowest BCUT2D eigenvalue weighted by molar-refractivity contribution is 0.407. The Labute approximate surface area is 104 Å². The van der Waals surface area contributed by atoms with Gasteiger partial charge in [-0.2, -0.15) is 0 Å². The largest absolute Gasteiger partial charge is 0.496 e. The van der Waals surface area contributed by atoms with Gasteiger partial charge in [0.05, 0.1) is 7.11 Å². The molecule has 1 aromatic rings. The molecule has 0 unspecified atom stereocenters. The summed E-state index contributed by atoms with van der Waals surface area (Å²) in [4.78, 5) is 0. The Hall–Kier alpha value is -1.22. The fourth-order valence-corrected chi connectivity index (χ4v) is 1.80. The van der Waals surface area contributed by atoms with Crippen molar-refractivity contribution in [3.8, 4) is 5.75 Å². The molecule has 0 spiro atoms. The summed E-state index contributed by atoms with van der Waals surface area (Å²) in [6.45, 7) is 6.09. The molecule has 96 valence electrons. The molecule has 17 heavy (non-hydrogen) atoms. The minimum atomic E-state index is 0.468. The van der Waals surface area contributed by atoms with Crippen molar-refractivity contribution in [2.24, 2.45) is 5.73 Å². The highest BCUT2D eigenvalue weighted by Crippen LogP contribution is 2.29. The first-order valence-corrected chi connectivity index (χ1v) is 6.31. The average molecular weight is 236 g/mol. The second-order valence-electron chi connectivity index (χ2n) is 4.53. The van der Waals surface area contributed by atoms with Crippen LogP contribution in [0.1, 0.15) is 38.2 Å². The van der Waals surface area contributed by atoms with Gasteiger partial charge in [0, 0.05) is 12.2 Å². The summed E-state index contributed by atoms with van der Waals surface area (Å²) in [5.41, 5.74) is 7.87. The van der Waals surface area contributed by atoms with E-state index in [1.165, 1.54) is 5.56 Å². The van der Waals surface area contributed by atoms with Crippen LogP contribution in [-0.4, -0.2) is 20.2 Å². The van der Waals surface area contributed by atoms with Crippen LogP contribution >= 0.6 is 0 Å². The lowest BCUT2D eigenvalue weighted by atomic mass is 10.0. The maximum Gasteiger partial charge on any atom is 0.122 e. The van der Waals surface area contributed by atoms with Crippen molar-refractivity contribution in [2.75, 3.05) is 25.5 Å². The molecule has 0 amide bonds. The van der Waals surface area contributed by atoms with Gasteiger partial charge < -0.3 is 15.8 Å². The van der Waals surface area contributed by atoms with Gasteiger partial charge in [-0.15, -0.1) is 0 Å². The van der Waals surface area contributed by atoms with Crippen LogP contribution in [0.4, 0.5) is 5.69 Å². The van der Waals surface area contributed by atoms with Crippen molar-refractivity contribution in [1.29, 1.82) is 0 Å². The number of hydrogen-bond acceptors (Lipinski definition) is 3. The number of rotatable bonds is 7. The van der Waals surface area contributed by atoms with Gasteiger partial charge in [-0.1, -0.05) is 13.8 Å². The minimum Gasteiger partial charge on any atom is -0.496 e. The van der Waals surface area contributed by atoms with Gasteiger partial charge in [0.1, 0.15) is 5.75 Å². The third-order valence-electron chi connectivity index (χ3n) is 2.81. The number of methoxy groups -OCH3 is 1. The topological polar surface area (TPSA) is 47.3 Å². The van der Waals surface area contributed by atoms with Gasteiger partial charge >= 0.3 is 0 Å². The molecule has 0 aliphatic rings. The van der Waals surface area contributed by atoms with E-state index in [1.54, 1.807) is 7.11 Å². The number of ether oxygens (including phenoxy) is 1. The third kappa shape index (κ3) is 4.27. The number of nitrogens with one attached hydrogen (secondary N) is 1. The Morgan fingerprint density at radius 1 is 1.29 bits per heavy atom. The predicted molar refractivity (Wildman–Crippen MR) is 73.9 cm³/mol. The van der Waals surface area contributed by atoms with Crippen molar-refractivity contribution in [3.63, 3.8) is 0 Å². The van der Waals surface area contributed by atoms with Crippen LogP contribution < -0.4 is 15.8 Å². The SMILES string of the molecule is COc1ccc(NCCCCN)cc1C(C)C. The average Bonchev–Trinajstić information content (AvgIpc) is 2.34. The van der Waals surface area contributed by atoms with Crippen molar-refractivity contribution in [2.45, 2.75) is 32.6 Å². The van der Waals surface area contributed by atoms with Crippen LogP contribution in [0.5, 0.6) is 5.75 Å². The smallest absolute Gasteiger partial charge is 0.122 e. The minimum absolute atomic E-state index is 0.468. The van der Waals surface area contributed by atoms with Crippen LogP contribution in [-0.2, 0) is 0 Å². The highest BCUT2D eigenvalue weighted by Gasteiger charge is 2.07. The Kier molecular flexibility index (Phi) is 5.84. The standard InChI is InChI=1S/C14H24N2O/c1-11(2)13-10-12(6-7-14(13)17-3)16-9-5-4-8-15/h6-7,10-11,16H,4-5,8-9,15H2,1-3H3. The monoisotopic (exact) mass is 236 g/mol. The molecule has 0 aliphatic carbocycles. The Balaban J connectivity index is 2.64. The maximum absolute atomic E-state index is 5.47. The van der Waals surface area contributed by atoms with E-state index in [1.807, 2.05) is 6.07 Å². The first-order chi connectivity index (χ1) is 8.19. The van der Waals surface area contributed by atoms with E-state index in [9.17, 15) is 0 Å². The molecule has 0 bridgehead atoms. The van der Waals surface area contributed by atoms with Gasteiger partial charge in [0.25, 0.3) is 0 Å². The number of nitrogens with two attached hydrogens (primary N) is 1. The van der Waals surface area contributed by atoms with Crippen molar-refractivity contribution < 1.29 is 4.74 Å². The van der Waals surface area contributed by atoms with E-state index in [-0.39, 0.29) is 0 Å². The molecule has 0 saturated carbocycles. The zero-order chi connectivity index (χ0) is 12.7. The van der Waals surface area contributed by atoms with E-state index in [4.69, 9.17) is 10.5 Å². The van der Waals surface area contributed by atoms with E-state index >= 15 is 0 Å². The number of unbranched alkanes of at least 4 members (excludes halogenated alkanes) is 1. The summed E-state index contributed by atoms with van der Waals surface area (Å²) in [6, 6.07) is 6.26. The van der Waals surface area contributed by atoms with Crippen LogP contribution in [0.25, 0.3) is 0 Å². The van der Waals surface area contributed by atoms with E-state index in [2.05, 4.69) is 31.3 Å². The van der Waals surface area contributed by atoms with Gasteiger partial charge in [0.15, 0.2) is 0 Å². The molecule has 1 rings (SSSR count). The van der Waals surface area contributed by atoms with E-state index in [0.29, 0.717) is 5.92 Å². The quantitative estimate of drug-likeness (QED) is 0.715. The zero-order valence-corrected chi connectivity index (χ0v) is 11.1. The number of hydrogen-bond donors (Lipinski definition) is 2. The molecule has 0 heterocycles. The van der Waals surface area contributed by atoms with Gasteiger partial charge in [0.2, 0.25) is 0 Å². The van der Waals surface area contributed by atoms with Crippen LogP contribution in [0.15, 0.2) is 18.2 Å². The van der Waals surface area contributed by atoms with Crippen LogP contribution in [0.2, 0.25) is 0 Å². The molecule has 0 aromatic heterocycles. The van der Waals surface area contributed by atoms with Crippen molar-refractivity contribution in [1.82, 2.24) is 0 Å². The van der Waals surface area contributed by atoms with Gasteiger partial charge in [-0.05, 0) is 49.1 Å². The summed E-state index contributed by atoms with van der Waals surface area (Å²) in [5.74, 6) is 1.43. The van der Waals surface area contributed by atoms with Gasteiger partial charge in [-0.25, -0.2) is 0 Å². The maximum atomic E-state index is 5.47. The van der Waals surface area contributed by atoms with E-state index < -0.39 is 0 Å². The van der Waals surface area contributed by atoms with Crippen LogP contribution in [0, 0.1) is 0 Å². The molecular formula is C14H24N2O. The predicted octanol–water partition coefficient (Wildman–Crippen LogP) is 2.97. The Bertz CT molecular complexity index is 337. The van der Waals surface area contributed by atoms with E-state index in [0.717, 1.165) is 37.4 Å². The molecule has 0 saturated heterocycles.